The maximum atomic E-state index is 13.3. The Kier molecular flexibility index (Phi) is 6.81. The summed E-state index contributed by atoms with van der Waals surface area (Å²) in [4.78, 5) is 36.5. The van der Waals surface area contributed by atoms with Crippen molar-refractivity contribution in [2.24, 2.45) is 0 Å². The lowest BCUT2D eigenvalue weighted by Crippen LogP contribution is -2.23. The molecule has 0 amide bonds. The second kappa shape index (κ2) is 9.07. The highest BCUT2D eigenvalue weighted by Crippen LogP contribution is 2.32. The molecule has 0 fully saturated rings. The molecule has 0 bridgehead atoms. The van der Waals surface area contributed by atoms with Crippen molar-refractivity contribution in [1.29, 1.82) is 0 Å². The molecule has 0 aromatic heterocycles. The molecule has 0 aliphatic heterocycles. The van der Waals surface area contributed by atoms with E-state index < -0.39 is 5.92 Å². The van der Waals surface area contributed by atoms with Crippen LogP contribution in [-0.2, 0) is 14.4 Å². The summed E-state index contributed by atoms with van der Waals surface area (Å²) in [5.41, 5.74) is 1.75. The molecule has 0 spiro atoms. The Bertz CT molecular complexity index is 719. The maximum absolute atomic E-state index is 13.3. The predicted molar refractivity (Wildman–Crippen MR) is 98.6 cm³/mol. The first kappa shape index (κ1) is 18.8. The summed E-state index contributed by atoms with van der Waals surface area (Å²) in [5, 5.41) is 0. The van der Waals surface area contributed by atoms with Crippen molar-refractivity contribution in [3.8, 4) is 0 Å². The first-order chi connectivity index (χ1) is 12.0. The van der Waals surface area contributed by atoms with Crippen molar-refractivity contribution >= 4 is 17.3 Å². The van der Waals surface area contributed by atoms with Crippen LogP contribution in [0.15, 0.2) is 60.7 Å². The number of carbonyl (C=O) groups is 3. The molecule has 2 aromatic rings. The van der Waals surface area contributed by atoms with Gasteiger partial charge in [-0.15, -0.1) is 0 Å². The van der Waals surface area contributed by atoms with E-state index in [0.29, 0.717) is 12.8 Å². The van der Waals surface area contributed by atoms with Crippen LogP contribution in [0.1, 0.15) is 56.1 Å². The molecule has 130 valence electrons. The van der Waals surface area contributed by atoms with Crippen LogP contribution in [0.4, 0.5) is 0 Å². The third kappa shape index (κ3) is 5.49. The van der Waals surface area contributed by atoms with Gasteiger partial charge in [-0.2, -0.15) is 0 Å². The Morgan fingerprint density at radius 3 is 1.64 bits per heavy atom. The van der Waals surface area contributed by atoms with E-state index in [1.807, 2.05) is 60.7 Å². The molecule has 25 heavy (non-hydrogen) atoms. The lowest BCUT2D eigenvalue weighted by atomic mass is 9.79. The highest BCUT2D eigenvalue weighted by atomic mass is 16.1. The second-order valence-corrected chi connectivity index (χ2v) is 6.48. The Labute approximate surface area is 149 Å². The second-order valence-electron chi connectivity index (χ2n) is 6.48. The molecule has 0 radical (unpaired) electrons. The van der Waals surface area contributed by atoms with Crippen molar-refractivity contribution in [1.82, 2.24) is 0 Å². The summed E-state index contributed by atoms with van der Waals surface area (Å²) in [6, 6.07) is 18.9. The van der Waals surface area contributed by atoms with Crippen molar-refractivity contribution in [3.63, 3.8) is 0 Å². The number of rotatable bonds is 9. The number of hydrogen-bond donors (Lipinski definition) is 0. The van der Waals surface area contributed by atoms with Crippen LogP contribution in [-0.4, -0.2) is 17.3 Å². The van der Waals surface area contributed by atoms with E-state index >= 15 is 0 Å². The van der Waals surface area contributed by atoms with Crippen molar-refractivity contribution in [2.45, 2.75) is 44.9 Å². The lowest BCUT2D eigenvalue weighted by molar-refractivity contribution is -0.126. The smallest absolute Gasteiger partial charge is 0.148 e. The van der Waals surface area contributed by atoms with Crippen LogP contribution in [0.3, 0.4) is 0 Å². The van der Waals surface area contributed by atoms with Gasteiger partial charge in [-0.05, 0) is 31.4 Å². The summed E-state index contributed by atoms with van der Waals surface area (Å²) < 4.78 is 0. The van der Waals surface area contributed by atoms with Gasteiger partial charge in [0.05, 0.1) is 5.92 Å². The SMILES string of the molecule is CC(=O)CCC(C(=O)C(CC(C)=O)c1ccccc1)c1ccccc1. The molecular formula is C22H24O3. The van der Waals surface area contributed by atoms with E-state index in [2.05, 4.69) is 0 Å². The molecule has 0 heterocycles. The van der Waals surface area contributed by atoms with Gasteiger partial charge in [-0.1, -0.05) is 60.7 Å². The molecule has 0 saturated carbocycles. The third-order valence-corrected chi connectivity index (χ3v) is 4.37. The Morgan fingerprint density at radius 2 is 1.20 bits per heavy atom. The Balaban J connectivity index is 2.36. The van der Waals surface area contributed by atoms with Crippen molar-refractivity contribution in [2.75, 3.05) is 0 Å². The van der Waals surface area contributed by atoms with Crippen molar-refractivity contribution < 1.29 is 14.4 Å². The molecule has 2 rings (SSSR count). The van der Waals surface area contributed by atoms with Crippen molar-refractivity contribution in [3.05, 3.63) is 71.8 Å². The Hall–Kier alpha value is -2.55. The van der Waals surface area contributed by atoms with Gasteiger partial charge in [0.25, 0.3) is 0 Å². The molecule has 3 heteroatoms. The predicted octanol–water partition coefficient (Wildman–Crippen LogP) is 4.47. The van der Waals surface area contributed by atoms with Gasteiger partial charge in [0.2, 0.25) is 0 Å². The zero-order valence-electron chi connectivity index (χ0n) is 14.8. The summed E-state index contributed by atoms with van der Waals surface area (Å²) >= 11 is 0. The van der Waals surface area contributed by atoms with Gasteiger partial charge in [0.15, 0.2) is 0 Å². The lowest BCUT2D eigenvalue weighted by Gasteiger charge is -2.22. The van der Waals surface area contributed by atoms with Gasteiger partial charge < -0.3 is 4.79 Å². The largest absolute Gasteiger partial charge is 0.300 e. The van der Waals surface area contributed by atoms with Gasteiger partial charge >= 0.3 is 0 Å². The van der Waals surface area contributed by atoms with Gasteiger partial charge in [0.1, 0.15) is 17.3 Å². The molecule has 2 atom stereocenters. The van der Waals surface area contributed by atoms with Crippen LogP contribution < -0.4 is 0 Å². The highest BCUT2D eigenvalue weighted by Gasteiger charge is 2.30. The minimum absolute atomic E-state index is 0.00819. The number of hydrogen-bond acceptors (Lipinski definition) is 3. The molecule has 0 saturated heterocycles. The summed E-state index contributed by atoms with van der Waals surface area (Å²) in [5.74, 6) is -0.795. The zero-order chi connectivity index (χ0) is 18.2. The molecule has 3 nitrogen and oxygen atoms in total. The Morgan fingerprint density at radius 1 is 0.720 bits per heavy atom. The fourth-order valence-corrected chi connectivity index (χ4v) is 3.10. The van der Waals surface area contributed by atoms with E-state index in [-0.39, 0.29) is 29.7 Å². The van der Waals surface area contributed by atoms with E-state index in [1.54, 1.807) is 0 Å². The van der Waals surface area contributed by atoms with Crippen LogP contribution in [0.25, 0.3) is 0 Å². The summed E-state index contributed by atoms with van der Waals surface area (Å²) in [6.45, 7) is 3.05. The normalized spacial score (nSPS) is 13.0. The first-order valence-corrected chi connectivity index (χ1v) is 8.61. The number of ketones is 3. The molecule has 0 aliphatic carbocycles. The van der Waals surface area contributed by atoms with Crippen LogP contribution in [0.2, 0.25) is 0 Å². The van der Waals surface area contributed by atoms with Crippen LogP contribution in [0, 0.1) is 0 Å². The molecule has 0 aliphatic rings. The maximum Gasteiger partial charge on any atom is 0.148 e. The topological polar surface area (TPSA) is 51.2 Å². The molecule has 0 N–H and O–H groups in total. The van der Waals surface area contributed by atoms with Crippen LogP contribution >= 0.6 is 0 Å². The number of Topliss-reactive ketones (excluding diaryl/α,β-unsaturated/α-hetero) is 3. The fourth-order valence-electron chi connectivity index (χ4n) is 3.10. The van der Waals surface area contributed by atoms with E-state index in [0.717, 1.165) is 11.1 Å². The zero-order valence-corrected chi connectivity index (χ0v) is 14.8. The molecular weight excluding hydrogens is 312 g/mol. The summed E-state index contributed by atoms with van der Waals surface area (Å²) in [6.07, 6.45) is 1.01. The quantitative estimate of drug-likeness (QED) is 0.679. The first-order valence-electron chi connectivity index (χ1n) is 8.61. The average Bonchev–Trinajstić information content (AvgIpc) is 2.61. The number of carbonyl (C=O) groups excluding carboxylic acids is 3. The molecule has 2 unspecified atom stereocenters. The fraction of sp³-hybridized carbons (Fsp3) is 0.318. The van der Waals surface area contributed by atoms with Gasteiger partial charge in [0, 0.05) is 18.8 Å². The van der Waals surface area contributed by atoms with E-state index in [1.165, 1.54) is 13.8 Å². The van der Waals surface area contributed by atoms with Crippen LogP contribution in [0.5, 0.6) is 0 Å². The highest BCUT2D eigenvalue weighted by molar-refractivity contribution is 5.95. The van der Waals surface area contributed by atoms with Gasteiger partial charge in [-0.25, -0.2) is 0 Å². The number of benzene rings is 2. The standard InChI is InChI=1S/C22H24O3/c1-16(23)13-14-20(18-9-5-3-6-10-18)22(25)21(15-17(2)24)19-11-7-4-8-12-19/h3-12,20-21H,13-15H2,1-2H3. The van der Waals surface area contributed by atoms with E-state index in [4.69, 9.17) is 0 Å². The average molecular weight is 336 g/mol. The van der Waals surface area contributed by atoms with Gasteiger partial charge in [-0.3, -0.25) is 9.59 Å². The minimum Gasteiger partial charge on any atom is -0.300 e. The summed E-state index contributed by atoms with van der Waals surface area (Å²) in [7, 11) is 0. The van der Waals surface area contributed by atoms with E-state index in [9.17, 15) is 14.4 Å². The third-order valence-electron chi connectivity index (χ3n) is 4.37. The minimum atomic E-state index is -0.476. The monoisotopic (exact) mass is 336 g/mol. The molecule has 2 aromatic carbocycles.